The van der Waals surface area contributed by atoms with Gasteiger partial charge in [-0.05, 0) is 78.9 Å². The minimum Gasteiger partial charge on any atom is -0.497 e. The highest BCUT2D eigenvalue weighted by atomic mass is 32.2. The molecular formula is C33H35N3O4S. The maximum atomic E-state index is 14.0. The largest absolute Gasteiger partial charge is 0.497 e. The predicted molar refractivity (Wildman–Crippen MR) is 163 cm³/mol. The van der Waals surface area contributed by atoms with E-state index in [0.29, 0.717) is 18.0 Å². The molecule has 0 spiro atoms. The average molecular weight is 570 g/mol. The molecule has 0 radical (unpaired) electrons. The van der Waals surface area contributed by atoms with E-state index in [9.17, 15) is 13.2 Å². The number of nitrogens with one attached hydrogen (secondary N) is 1. The Morgan fingerprint density at radius 3 is 2.15 bits per heavy atom. The van der Waals surface area contributed by atoms with Crippen molar-refractivity contribution in [1.82, 2.24) is 5.32 Å². The molecule has 5 rings (SSSR count). The van der Waals surface area contributed by atoms with Gasteiger partial charge in [-0.3, -0.25) is 9.10 Å². The number of ether oxygens (including phenoxy) is 1. The van der Waals surface area contributed by atoms with Crippen LogP contribution in [0.4, 0.5) is 11.4 Å². The van der Waals surface area contributed by atoms with Crippen LogP contribution in [0.15, 0.2) is 108 Å². The summed E-state index contributed by atoms with van der Waals surface area (Å²) >= 11 is 0. The highest BCUT2D eigenvalue weighted by Gasteiger charge is 2.28. The summed E-state index contributed by atoms with van der Waals surface area (Å²) in [4.78, 5) is 16.0. The molecule has 1 N–H and O–H groups in total. The second-order valence-corrected chi connectivity index (χ2v) is 11.9. The summed E-state index contributed by atoms with van der Waals surface area (Å²) in [6, 6.07) is 30.7. The van der Waals surface area contributed by atoms with Crippen molar-refractivity contribution in [2.24, 2.45) is 0 Å². The predicted octanol–water partition coefficient (Wildman–Crippen LogP) is 6.01. The molecule has 1 aliphatic rings. The minimum absolute atomic E-state index is 0.0669. The van der Waals surface area contributed by atoms with Crippen LogP contribution in [0.1, 0.15) is 40.7 Å². The molecule has 0 aliphatic carbocycles. The van der Waals surface area contributed by atoms with Gasteiger partial charge in [0.05, 0.1) is 29.8 Å². The Morgan fingerprint density at radius 2 is 1.46 bits per heavy atom. The Hall–Kier alpha value is -4.30. The summed E-state index contributed by atoms with van der Waals surface area (Å²) in [6.07, 6.45) is 3.71. The van der Waals surface area contributed by atoms with Crippen LogP contribution in [0, 0.1) is 0 Å². The Labute approximate surface area is 242 Å². The van der Waals surface area contributed by atoms with Crippen LogP contribution in [0.2, 0.25) is 0 Å². The van der Waals surface area contributed by atoms with Gasteiger partial charge < -0.3 is 15.0 Å². The molecule has 1 amide bonds. The number of nitrogens with zero attached hydrogens (tertiary/aromatic N) is 2. The Bertz CT molecular complexity index is 1550. The van der Waals surface area contributed by atoms with Gasteiger partial charge in [0.15, 0.2) is 0 Å². The number of carbonyl (C=O) groups is 1. The molecule has 0 bridgehead atoms. The first-order valence-electron chi connectivity index (χ1n) is 13.9. The number of hydrogen-bond donors (Lipinski definition) is 1. The lowest BCUT2D eigenvalue weighted by atomic mass is 10.1. The molecule has 0 aromatic heterocycles. The molecule has 0 unspecified atom stereocenters. The van der Waals surface area contributed by atoms with Gasteiger partial charge in [-0.15, -0.1) is 0 Å². The number of methoxy groups -OCH3 is 1. The summed E-state index contributed by atoms with van der Waals surface area (Å²) in [5, 5.41) is 2.99. The number of sulfonamides is 1. The number of benzene rings is 4. The van der Waals surface area contributed by atoms with Gasteiger partial charge in [-0.1, -0.05) is 54.6 Å². The molecule has 1 heterocycles. The zero-order valence-corrected chi connectivity index (χ0v) is 24.0. The molecule has 1 aliphatic heterocycles. The van der Waals surface area contributed by atoms with Crippen molar-refractivity contribution in [3.63, 3.8) is 0 Å². The molecule has 0 atom stereocenters. The highest BCUT2D eigenvalue weighted by molar-refractivity contribution is 7.92. The van der Waals surface area contributed by atoms with Crippen molar-refractivity contribution in [3.05, 3.63) is 120 Å². The van der Waals surface area contributed by atoms with Gasteiger partial charge in [0.2, 0.25) is 0 Å². The van der Waals surface area contributed by atoms with E-state index in [1.165, 1.54) is 48.5 Å². The smallest absolute Gasteiger partial charge is 0.264 e. The van der Waals surface area contributed by atoms with Gasteiger partial charge in [-0.2, -0.15) is 0 Å². The molecule has 41 heavy (non-hydrogen) atoms. The summed E-state index contributed by atoms with van der Waals surface area (Å²) < 4.78 is 34.5. The fourth-order valence-electron chi connectivity index (χ4n) is 5.06. The topological polar surface area (TPSA) is 79.0 Å². The van der Waals surface area contributed by atoms with Crippen molar-refractivity contribution < 1.29 is 17.9 Å². The number of para-hydroxylation sites is 1. The molecule has 7 nitrogen and oxygen atoms in total. The second-order valence-electron chi connectivity index (χ2n) is 10.1. The van der Waals surface area contributed by atoms with E-state index in [1.807, 2.05) is 42.5 Å². The first-order valence-corrected chi connectivity index (χ1v) is 15.3. The Morgan fingerprint density at radius 1 is 0.805 bits per heavy atom. The molecule has 4 aromatic rings. The summed E-state index contributed by atoms with van der Waals surface area (Å²) in [5.41, 5.74) is 3.57. The number of hydrogen-bond acceptors (Lipinski definition) is 5. The van der Waals surface area contributed by atoms with Crippen LogP contribution in [-0.4, -0.2) is 34.5 Å². The first-order chi connectivity index (χ1) is 20.0. The van der Waals surface area contributed by atoms with Crippen LogP contribution >= 0.6 is 0 Å². The van der Waals surface area contributed by atoms with Crippen molar-refractivity contribution in [2.45, 2.75) is 37.2 Å². The van der Waals surface area contributed by atoms with Gasteiger partial charge in [0.1, 0.15) is 5.75 Å². The number of anilines is 2. The van der Waals surface area contributed by atoms with Gasteiger partial charge in [0.25, 0.3) is 15.9 Å². The third kappa shape index (κ3) is 6.72. The van der Waals surface area contributed by atoms with Gasteiger partial charge >= 0.3 is 0 Å². The third-order valence-electron chi connectivity index (χ3n) is 7.34. The van der Waals surface area contributed by atoms with E-state index in [1.54, 1.807) is 36.4 Å². The van der Waals surface area contributed by atoms with Crippen LogP contribution in [-0.2, 0) is 23.1 Å². The van der Waals surface area contributed by atoms with E-state index < -0.39 is 10.0 Å². The summed E-state index contributed by atoms with van der Waals surface area (Å²) in [7, 11) is -2.49. The second kappa shape index (κ2) is 12.9. The quantitative estimate of drug-likeness (QED) is 0.253. The Balaban J connectivity index is 1.40. The Kier molecular flexibility index (Phi) is 8.89. The van der Waals surface area contributed by atoms with E-state index in [4.69, 9.17) is 4.74 Å². The van der Waals surface area contributed by atoms with Crippen molar-refractivity contribution in [2.75, 3.05) is 29.4 Å². The molecule has 0 saturated carbocycles. The number of carbonyl (C=O) groups excluding carboxylic acids is 1. The van der Waals surface area contributed by atoms with E-state index in [0.717, 1.165) is 24.2 Å². The van der Waals surface area contributed by atoms with Gasteiger partial charge in [0, 0.05) is 25.3 Å². The maximum absolute atomic E-state index is 14.0. The number of amides is 1. The fourth-order valence-corrected chi connectivity index (χ4v) is 6.53. The van der Waals surface area contributed by atoms with E-state index in [-0.39, 0.29) is 22.9 Å². The standard InChI is InChI=1S/C33H35N3O4S/c1-40-29-18-20-30(21-19-29)41(38,39)36(25-27-10-4-2-5-11-27)32-13-7-6-12-31(32)33(37)34-24-26-14-16-28(17-15-26)35-22-8-3-9-23-35/h2,4-7,10-21H,3,8-9,22-25H2,1H3,(H,34,37). The molecule has 1 saturated heterocycles. The summed E-state index contributed by atoms with van der Waals surface area (Å²) in [5.74, 6) is 0.214. The lowest BCUT2D eigenvalue weighted by molar-refractivity contribution is 0.0951. The number of piperidine rings is 1. The zero-order chi connectivity index (χ0) is 28.7. The lowest BCUT2D eigenvalue weighted by Gasteiger charge is -2.29. The first kappa shape index (κ1) is 28.2. The highest BCUT2D eigenvalue weighted by Crippen LogP contribution is 2.30. The van der Waals surface area contributed by atoms with Crippen LogP contribution in [0.5, 0.6) is 5.75 Å². The fraction of sp³-hybridized carbons (Fsp3) is 0.242. The maximum Gasteiger partial charge on any atom is 0.264 e. The van der Waals surface area contributed by atoms with Gasteiger partial charge in [-0.25, -0.2) is 8.42 Å². The SMILES string of the molecule is COc1ccc(S(=O)(=O)N(Cc2ccccc2)c2ccccc2C(=O)NCc2ccc(N3CCCCC3)cc2)cc1. The van der Waals surface area contributed by atoms with Crippen molar-refractivity contribution in [3.8, 4) is 5.75 Å². The molecule has 4 aromatic carbocycles. The zero-order valence-electron chi connectivity index (χ0n) is 23.2. The molecule has 1 fully saturated rings. The van der Waals surface area contributed by atoms with Crippen LogP contribution < -0.4 is 19.3 Å². The van der Waals surface area contributed by atoms with Crippen LogP contribution in [0.25, 0.3) is 0 Å². The minimum atomic E-state index is -4.02. The number of rotatable bonds is 10. The van der Waals surface area contributed by atoms with E-state index >= 15 is 0 Å². The van der Waals surface area contributed by atoms with E-state index in [2.05, 4.69) is 22.3 Å². The molecule has 212 valence electrons. The normalized spacial score (nSPS) is 13.4. The molecule has 8 heteroatoms. The lowest BCUT2D eigenvalue weighted by Crippen LogP contribution is -2.33. The average Bonchev–Trinajstić information content (AvgIpc) is 3.03. The summed E-state index contributed by atoms with van der Waals surface area (Å²) in [6.45, 7) is 2.55. The third-order valence-corrected chi connectivity index (χ3v) is 9.12. The van der Waals surface area contributed by atoms with Crippen molar-refractivity contribution in [1.29, 1.82) is 0 Å². The molecular weight excluding hydrogens is 534 g/mol. The van der Waals surface area contributed by atoms with Crippen LogP contribution in [0.3, 0.4) is 0 Å². The van der Waals surface area contributed by atoms with Crippen molar-refractivity contribution >= 4 is 27.3 Å². The monoisotopic (exact) mass is 569 g/mol.